The van der Waals surface area contributed by atoms with Crippen LogP contribution in [0.5, 0.6) is 0 Å². The van der Waals surface area contributed by atoms with E-state index in [1.165, 1.54) is 32.4 Å². The van der Waals surface area contributed by atoms with Crippen LogP contribution in [0.25, 0.3) is 0 Å². The van der Waals surface area contributed by atoms with Crippen molar-refractivity contribution in [1.82, 2.24) is 10.2 Å². The largest absolute Gasteiger partial charge is 0.384 e. The summed E-state index contributed by atoms with van der Waals surface area (Å²) in [5.41, 5.74) is 0. The summed E-state index contributed by atoms with van der Waals surface area (Å²) in [5, 5.41) is 3.64. The van der Waals surface area contributed by atoms with Crippen LogP contribution < -0.4 is 5.32 Å². The molecule has 0 aromatic rings. The zero-order chi connectivity index (χ0) is 12.7. The van der Waals surface area contributed by atoms with Gasteiger partial charge in [-0.1, -0.05) is 13.3 Å². The third-order valence-corrected chi connectivity index (χ3v) is 3.59. The fourth-order valence-corrected chi connectivity index (χ4v) is 2.60. The van der Waals surface area contributed by atoms with E-state index in [-0.39, 0.29) is 0 Å². The van der Waals surface area contributed by atoms with Gasteiger partial charge in [0, 0.05) is 38.9 Å². The summed E-state index contributed by atoms with van der Waals surface area (Å²) < 4.78 is 5.23. The summed E-state index contributed by atoms with van der Waals surface area (Å²) in [5.74, 6) is 0.617. The van der Waals surface area contributed by atoms with Crippen LogP contribution in [0.15, 0.2) is 0 Å². The van der Waals surface area contributed by atoms with Crippen molar-refractivity contribution in [3.63, 3.8) is 0 Å². The van der Waals surface area contributed by atoms with Gasteiger partial charge in [-0.15, -0.1) is 0 Å². The number of hydrogen-bond donors (Lipinski definition) is 1. The van der Waals surface area contributed by atoms with E-state index in [1.54, 1.807) is 7.11 Å². The van der Waals surface area contributed by atoms with Crippen LogP contribution in [0.3, 0.4) is 0 Å². The van der Waals surface area contributed by atoms with Gasteiger partial charge in [-0.3, -0.25) is 4.90 Å². The summed E-state index contributed by atoms with van der Waals surface area (Å²) in [6.07, 6.45) is 4.07. The molecule has 1 heterocycles. The molecule has 0 saturated carbocycles. The lowest BCUT2D eigenvalue weighted by atomic mass is 10.0. The molecule has 0 amide bonds. The standard InChI is InChI=1S/C14H30N2O/c1-12(2)16(9-13(3)11-17-4)10-14-7-5-6-8-15-14/h12-15H,5-11H2,1-4H3. The van der Waals surface area contributed by atoms with E-state index in [4.69, 9.17) is 4.74 Å². The summed E-state index contributed by atoms with van der Waals surface area (Å²) >= 11 is 0. The third kappa shape index (κ3) is 5.84. The first-order chi connectivity index (χ1) is 8.13. The van der Waals surface area contributed by atoms with E-state index < -0.39 is 0 Å². The van der Waals surface area contributed by atoms with Gasteiger partial charge in [0.2, 0.25) is 0 Å². The van der Waals surface area contributed by atoms with Crippen LogP contribution in [0.1, 0.15) is 40.0 Å². The summed E-state index contributed by atoms with van der Waals surface area (Å²) in [7, 11) is 1.79. The molecule has 0 aliphatic carbocycles. The molecule has 0 radical (unpaired) electrons. The molecule has 2 unspecified atom stereocenters. The maximum atomic E-state index is 5.23. The number of ether oxygens (including phenoxy) is 1. The first kappa shape index (κ1) is 14.9. The SMILES string of the molecule is COCC(C)CN(CC1CCCCN1)C(C)C. The quantitative estimate of drug-likeness (QED) is 0.740. The van der Waals surface area contributed by atoms with Gasteiger partial charge in [0.05, 0.1) is 0 Å². The van der Waals surface area contributed by atoms with E-state index in [2.05, 4.69) is 31.0 Å². The van der Waals surface area contributed by atoms with Crippen molar-refractivity contribution in [2.45, 2.75) is 52.1 Å². The summed E-state index contributed by atoms with van der Waals surface area (Å²) in [6.45, 7) is 11.2. The van der Waals surface area contributed by atoms with Gasteiger partial charge in [-0.05, 0) is 39.2 Å². The van der Waals surface area contributed by atoms with Crippen LogP contribution >= 0.6 is 0 Å². The van der Waals surface area contributed by atoms with E-state index in [1.807, 2.05) is 0 Å². The second kappa shape index (κ2) is 8.06. The number of piperidine rings is 1. The van der Waals surface area contributed by atoms with Crippen LogP contribution in [-0.4, -0.2) is 50.3 Å². The molecule has 17 heavy (non-hydrogen) atoms. The van der Waals surface area contributed by atoms with Crippen molar-refractivity contribution in [2.75, 3.05) is 33.4 Å². The first-order valence-electron chi connectivity index (χ1n) is 7.09. The van der Waals surface area contributed by atoms with E-state index in [0.29, 0.717) is 18.0 Å². The maximum absolute atomic E-state index is 5.23. The minimum atomic E-state index is 0.617. The molecule has 1 aliphatic heterocycles. The van der Waals surface area contributed by atoms with Gasteiger partial charge >= 0.3 is 0 Å². The molecule has 0 aromatic carbocycles. The Bertz CT molecular complexity index is 191. The zero-order valence-electron chi connectivity index (χ0n) is 12.0. The van der Waals surface area contributed by atoms with Crippen LogP contribution in [0.4, 0.5) is 0 Å². The predicted octanol–water partition coefficient (Wildman–Crippen LogP) is 2.12. The monoisotopic (exact) mass is 242 g/mol. The highest BCUT2D eigenvalue weighted by Gasteiger charge is 2.19. The maximum Gasteiger partial charge on any atom is 0.0500 e. The van der Waals surface area contributed by atoms with E-state index in [0.717, 1.165) is 13.2 Å². The molecule has 1 N–H and O–H groups in total. The second-order valence-electron chi connectivity index (χ2n) is 5.75. The lowest BCUT2D eigenvalue weighted by Crippen LogP contribution is -2.47. The number of nitrogens with one attached hydrogen (secondary N) is 1. The van der Waals surface area contributed by atoms with Crippen LogP contribution in [0.2, 0.25) is 0 Å². The Kier molecular flexibility index (Phi) is 7.09. The van der Waals surface area contributed by atoms with Crippen LogP contribution in [-0.2, 0) is 4.74 Å². The van der Waals surface area contributed by atoms with Gasteiger partial charge < -0.3 is 10.1 Å². The van der Waals surface area contributed by atoms with Crippen LogP contribution in [0, 0.1) is 5.92 Å². The minimum absolute atomic E-state index is 0.617. The van der Waals surface area contributed by atoms with Crippen molar-refractivity contribution in [1.29, 1.82) is 0 Å². The van der Waals surface area contributed by atoms with E-state index >= 15 is 0 Å². The molecular formula is C14H30N2O. The Labute approximate surface area is 107 Å². The number of rotatable bonds is 7. The molecule has 3 heteroatoms. The molecule has 3 nitrogen and oxygen atoms in total. The highest BCUT2D eigenvalue weighted by atomic mass is 16.5. The molecule has 2 atom stereocenters. The van der Waals surface area contributed by atoms with Crippen molar-refractivity contribution < 1.29 is 4.74 Å². The molecule has 1 rings (SSSR count). The Morgan fingerprint density at radius 2 is 2.06 bits per heavy atom. The lowest BCUT2D eigenvalue weighted by molar-refractivity contribution is 0.107. The fraction of sp³-hybridized carbons (Fsp3) is 1.00. The summed E-state index contributed by atoms with van der Waals surface area (Å²) in [6, 6.07) is 1.32. The average molecular weight is 242 g/mol. The molecule has 1 aliphatic rings. The molecule has 102 valence electrons. The van der Waals surface area contributed by atoms with Gasteiger partial charge in [0.1, 0.15) is 0 Å². The smallest absolute Gasteiger partial charge is 0.0500 e. The third-order valence-electron chi connectivity index (χ3n) is 3.59. The highest BCUT2D eigenvalue weighted by molar-refractivity contribution is 4.78. The molecule has 0 aromatic heterocycles. The number of nitrogens with zero attached hydrogens (tertiary/aromatic N) is 1. The molecule has 1 saturated heterocycles. The van der Waals surface area contributed by atoms with Crippen molar-refractivity contribution in [3.8, 4) is 0 Å². The molecular weight excluding hydrogens is 212 g/mol. The summed E-state index contributed by atoms with van der Waals surface area (Å²) in [4.78, 5) is 2.59. The van der Waals surface area contributed by atoms with E-state index in [9.17, 15) is 0 Å². The van der Waals surface area contributed by atoms with Gasteiger partial charge in [-0.25, -0.2) is 0 Å². The van der Waals surface area contributed by atoms with Crippen molar-refractivity contribution in [2.24, 2.45) is 5.92 Å². The lowest BCUT2D eigenvalue weighted by Gasteiger charge is -2.34. The molecule has 1 fully saturated rings. The first-order valence-corrected chi connectivity index (χ1v) is 7.09. The number of methoxy groups -OCH3 is 1. The number of hydrogen-bond acceptors (Lipinski definition) is 3. The average Bonchev–Trinajstić information content (AvgIpc) is 2.29. The Morgan fingerprint density at radius 3 is 2.59 bits per heavy atom. The predicted molar refractivity (Wildman–Crippen MR) is 73.4 cm³/mol. The highest BCUT2D eigenvalue weighted by Crippen LogP contribution is 2.12. The fourth-order valence-electron chi connectivity index (χ4n) is 2.60. The van der Waals surface area contributed by atoms with Gasteiger partial charge in [0.15, 0.2) is 0 Å². The molecule has 0 spiro atoms. The van der Waals surface area contributed by atoms with Gasteiger partial charge in [0.25, 0.3) is 0 Å². The Balaban J connectivity index is 2.36. The normalized spacial score (nSPS) is 23.3. The van der Waals surface area contributed by atoms with Gasteiger partial charge in [-0.2, -0.15) is 0 Å². The Morgan fingerprint density at radius 1 is 1.29 bits per heavy atom. The molecule has 0 bridgehead atoms. The topological polar surface area (TPSA) is 24.5 Å². The second-order valence-corrected chi connectivity index (χ2v) is 5.75. The zero-order valence-corrected chi connectivity index (χ0v) is 12.0. The Hall–Kier alpha value is -0.120. The minimum Gasteiger partial charge on any atom is -0.384 e. The van der Waals surface area contributed by atoms with Crippen molar-refractivity contribution >= 4 is 0 Å². The van der Waals surface area contributed by atoms with Crippen molar-refractivity contribution in [3.05, 3.63) is 0 Å².